The van der Waals surface area contributed by atoms with Gasteiger partial charge in [0, 0.05) is 6.42 Å². The van der Waals surface area contributed by atoms with E-state index >= 15 is 0 Å². The Balaban J connectivity index is 1.95. The van der Waals surface area contributed by atoms with Gasteiger partial charge in [-0.3, -0.25) is 0 Å². The van der Waals surface area contributed by atoms with E-state index in [1.165, 1.54) is 45.3 Å². The second kappa shape index (κ2) is 6.02. The smallest absolute Gasteiger partial charge is 0.0771 e. The summed E-state index contributed by atoms with van der Waals surface area (Å²) in [6, 6.07) is 2.20. The normalized spacial score (nSPS) is 18.9. The van der Waals surface area contributed by atoms with E-state index in [0.29, 0.717) is 0 Å². The average molecular weight is 167 g/mol. The molecule has 1 rings (SSSR count). The van der Waals surface area contributed by atoms with E-state index in [1.807, 2.05) is 0 Å². The number of piperidine rings is 1. The highest BCUT2D eigenvalue weighted by Crippen LogP contribution is 1.96. The maximum Gasteiger partial charge on any atom is 0.0771 e. The van der Waals surface area contributed by atoms with E-state index in [9.17, 15) is 0 Å². The number of rotatable bonds is 4. The SMILES string of the molecule is N#CCCCC[NH+]1CCCCC1. The van der Waals surface area contributed by atoms with Crippen LogP contribution in [0.15, 0.2) is 0 Å². The van der Waals surface area contributed by atoms with E-state index in [-0.39, 0.29) is 0 Å². The lowest BCUT2D eigenvalue weighted by molar-refractivity contribution is -0.905. The van der Waals surface area contributed by atoms with Gasteiger partial charge in [-0.1, -0.05) is 0 Å². The predicted molar refractivity (Wildman–Crippen MR) is 48.9 cm³/mol. The van der Waals surface area contributed by atoms with E-state index < -0.39 is 0 Å². The molecule has 0 bridgehead atoms. The van der Waals surface area contributed by atoms with Gasteiger partial charge in [0.05, 0.1) is 25.7 Å². The van der Waals surface area contributed by atoms with Gasteiger partial charge in [0.25, 0.3) is 0 Å². The molecule has 0 unspecified atom stereocenters. The number of nitriles is 1. The number of unbranched alkanes of at least 4 members (excludes halogenated alkanes) is 2. The van der Waals surface area contributed by atoms with Crippen LogP contribution >= 0.6 is 0 Å². The maximum absolute atomic E-state index is 8.35. The van der Waals surface area contributed by atoms with Crippen molar-refractivity contribution in [3.05, 3.63) is 0 Å². The first-order valence-electron chi connectivity index (χ1n) is 5.14. The summed E-state index contributed by atoms with van der Waals surface area (Å²) < 4.78 is 0. The Hall–Kier alpha value is -0.550. The Morgan fingerprint density at radius 3 is 2.50 bits per heavy atom. The fourth-order valence-corrected chi connectivity index (χ4v) is 1.88. The average Bonchev–Trinajstić information content (AvgIpc) is 2.14. The minimum atomic E-state index is 0.743. The summed E-state index contributed by atoms with van der Waals surface area (Å²) in [5.41, 5.74) is 0. The Kier molecular flexibility index (Phi) is 4.79. The number of hydrogen-bond donors (Lipinski definition) is 1. The highest BCUT2D eigenvalue weighted by atomic mass is 15.1. The third kappa shape index (κ3) is 3.73. The zero-order valence-electron chi connectivity index (χ0n) is 7.81. The topological polar surface area (TPSA) is 28.2 Å². The molecular formula is C10H19N2+. The zero-order chi connectivity index (χ0) is 8.65. The van der Waals surface area contributed by atoms with Crippen molar-refractivity contribution in [1.29, 1.82) is 5.26 Å². The van der Waals surface area contributed by atoms with Gasteiger partial charge >= 0.3 is 0 Å². The first-order valence-corrected chi connectivity index (χ1v) is 5.14. The van der Waals surface area contributed by atoms with Crippen LogP contribution in [-0.4, -0.2) is 19.6 Å². The summed E-state index contributed by atoms with van der Waals surface area (Å²) in [4.78, 5) is 1.76. The van der Waals surface area contributed by atoms with Crippen molar-refractivity contribution in [2.45, 2.75) is 38.5 Å². The van der Waals surface area contributed by atoms with Crippen LogP contribution in [-0.2, 0) is 0 Å². The third-order valence-electron chi connectivity index (χ3n) is 2.63. The molecule has 0 atom stereocenters. The van der Waals surface area contributed by atoms with E-state index in [0.717, 1.165) is 12.8 Å². The van der Waals surface area contributed by atoms with Gasteiger partial charge in [-0.2, -0.15) is 5.26 Å². The van der Waals surface area contributed by atoms with Crippen LogP contribution in [0.2, 0.25) is 0 Å². The Labute approximate surface area is 75.2 Å². The van der Waals surface area contributed by atoms with E-state index in [4.69, 9.17) is 5.26 Å². The number of likely N-dealkylation sites (tertiary alicyclic amines) is 1. The fourth-order valence-electron chi connectivity index (χ4n) is 1.88. The monoisotopic (exact) mass is 167 g/mol. The number of nitrogens with one attached hydrogen (secondary N) is 1. The lowest BCUT2D eigenvalue weighted by atomic mass is 10.1. The van der Waals surface area contributed by atoms with Crippen LogP contribution in [0.5, 0.6) is 0 Å². The van der Waals surface area contributed by atoms with E-state index in [2.05, 4.69) is 6.07 Å². The molecule has 2 heteroatoms. The summed E-state index contributed by atoms with van der Waals surface area (Å²) in [6.07, 6.45) is 7.33. The Morgan fingerprint density at radius 2 is 1.83 bits per heavy atom. The standard InChI is InChI=1S/C10H18N2/c11-7-3-1-4-8-12-9-5-2-6-10-12/h1-6,8-10H2/p+1. The van der Waals surface area contributed by atoms with Crippen molar-refractivity contribution in [3.63, 3.8) is 0 Å². The first kappa shape index (κ1) is 9.54. The molecule has 1 fully saturated rings. The highest BCUT2D eigenvalue weighted by Gasteiger charge is 2.11. The molecule has 0 aromatic rings. The fraction of sp³-hybridized carbons (Fsp3) is 0.900. The predicted octanol–water partition coefficient (Wildman–Crippen LogP) is 0.749. The molecule has 0 aromatic carbocycles. The van der Waals surface area contributed by atoms with Gasteiger partial charge in [-0.05, 0) is 32.1 Å². The largest absolute Gasteiger partial charge is 0.335 e. The molecule has 1 N–H and O–H groups in total. The van der Waals surface area contributed by atoms with Crippen molar-refractivity contribution >= 4 is 0 Å². The van der Waals surface area contributed by atoms with Gasteiger partial charge in [0.2, 0.25) is 0 Å². The third-order valence-corrected chi connectivity index (χ3v) is 2.63. The molecule has 0 saturated carbocycles. The summed E-state index contributed by atoms with van der Waals surface area (Å²) in [6.45, 7) is 4.03. The second-order valence-corrected chi connectivity index (χ2v) is 3.68. The summed E-state index contributed by atoms with van der Waals surface area (Å²) in [5, 5.41) is 8.35. The molecular weight excluding hydrogens is 148 g/mol. The van der Waals surface area contributed by atoms with Gasteiger partial charge < -0.3 is 4.90 Å². The molecule has 12 heavy (non-hydrogen) atoms. The lowest BCUT2D eigenvalue weighted by Gasteiger charge is -2.23. The molecule has 1 saturated heterocycles. The first-order chi connectivity index (χ1) is 5.93. The van der Waals surface area contributed by atoms with Gasteiger partial charge in [0.1, 0.15) is 0 Å². The van der Waals surface area contributed by atoms with Crippen LogP contribution in [0.4, 0.5) is 0 Å². The van der Waals surface area contributed by atoms with Crippen molar-refractivity contribution in [2.24, 2.45) is 0 Å². The molecule has 0 radical (unpaired) electrons. The summed E-state index contributed by atoms with van der Waals surface area (Å²) in [5.74, 6) is 0. The Bertz CT molecular complexity index is 142. The molecule has 0 aromatic heterocycles. The molecule has 0 aliphatic carbocycles. The van der Waals surface area contributed by atoms with Crippen LogP contribution in [0.1, 0.15) is 38.5 Å². The minimum absolute atomic E-state index is 0.743. The zero-order valence-corrected chi connectivity index (χ0v) is 7.81. The van der Waals surface area contributed by atoms with E-state index in [1.54, 1.807) is 4.90 Å². The Morgan fingerprint density at radius 1 is 1.08 bits per heavy atom. The van der Waals surface area contributed by atoms with Crippen LogP contribution < -0.4 is 4.90 Å². The highest BCUT2D eigenvalue weighted by molar-refractivity contribution is 4.67. The molecule has 0 spiro atoms. The molecule has 2 nitrogen and oxygen atoms in total. The maximum atomic E-state index is 8.35. The van der Waals surface area contributed by atoms with Crippen LogP contribution in [0.3, 0.4) is 0 Å². The second-order valence-electron chi connectivity index (χ2n) is 3.68. The molecule has 1 aliphatic rings. The number of nitrogens with zero attached hydrogens (tertiary/aromatic N) is 1. The quantitative estimate of drug-likeness (QED) is 0.615. The van der Waals surface area contributed by atoms with Crippen molar-refractivity contribution < 1.29 is 4.90 Å². The summed E-state index contributed by atoms with van der Waals surface area (Å²) >= 11 is 0. The van der Waals surface area contributed by atoms with Crippen molar-refractivity contribution in [3.8, 4) is 6.07 Å². The van der Waals surface area contributed by atoms with Gasteiger partial charge in [-0.25, -0.2) is 0 Å². The lowest BCUT2D eigenvalue weighted by Crippen LogP contribution is -3.12. The molecule has 0 amide bonds. The van der Waals surface area contributed by atoms with Crippen LogP contribution in [0, 0.1) is 11.3 Å². The number of quaternary nitrogens is 1. The van der Waals surface area contributed by atoms with Gasteiger partial charge in [0.15, 0.2) is 0 Å². The van der Waals surface area contributed by atoms with Crippen LogP contribution in [0.25, 0.3) is 0 Å². The van der Waals surface area contributed by atoms with Gasteiger partial charge in [-0.15, -0.1) is 0 Å². The summed E-state index contributed by atoms with van der Waals surface area (Å²) in [7, 11) is 0. The molecule has 1 heterocycles. The molecule has 1 aliphatic heterocycles. The van der Waals surface area contributed by atoms with Crippen molar-refractivity contribution in [1.82, 2.24) is 0 Å². The number of hydrogen-bond acceptors (Lipinski definition) is 1. The molecule has 68 valence electrons. The van der Waals surface area contributed by atoms with Crippen molar-refractivity contribution in [2.75, 3.05) is 19.6 Å². The minimum Gasteiger partial charge on any atom is -0.335 e.